The van der Waals surface area contributed by atoms with Crippen LogP contribution in [0, 0.1) is 0 Å². The molecule has 2 aromatic carbocycles. The zero-order chi connectivity index (χ0) is 27.6. The number of nitrogens with zero attached hydrogens (tertiary/aromatic N) is 2. The third-order valence-corrected chi connectivity index (χ3v) is 5.56. The van der Waals surface area contributed by atoms with Crippen LogP contribution in [0.15, 0.2) is 42.5 Å². The van der Waals surface area contributed by atoms with Gasteiger partial charge in [0.05, 0.1) is 24.0 Å². The Kier molecular flexibility index (Phi) is 10.6. The maximum absolute atomic E-state index is 12.0. The van der Waals surface area contributed by atoms with E-state index in [1.54, 1.807) is 25.3 Å². The van der Waals surface area contributed by atoms with E-state index < -0.39 is 18.1 Å². The van der Waals surface area contributed by atoms with Crippen LogP contribution in [0.5, 0.6) is 5.75 Å². The lowest BCUT2D eigenvalue weighted by atomic mass is 10.1. The molecule has 2 aromatic rings. The number of amides is 1. The number of aromatic carboxylic acids is 1. The van der Waals surface area contributed by atoms with Crippen molar-refractivity contribution in [2.24, 2.45) is 0 Å². The number of alkyl halides is 3. The number of carbonyl (C=O) groups excluding carboxylic acids is 1. The largest absolute Gasteiger partial charge is 0.495 e. The molecule has 1 aliphatic rings. The summed E-state index contributed by atoms with van der Waals surface area (Å²) in [4.78, 5) is 37.1. The molecule has 1 saturated heterocycles. The minimum absolute atomic E-state index is 0.0913. The number of unbranched alkanes of at least 4 members (excludes halogenated alkanes) is 1. The van der Waals surface area contributed by atoms with Crippen molar-refractivity contribution in [3.8, 4) is 5.75 Å². The van der Waals surface area contributed by atoms with Gasteiger partial charge in [-0.15, -0.1) is 0 Å². The van der Waals surface area contributed by atoms with Gasteiger partial charge < -0.3 is 30.1 Å². The monoisotopic (exact) mass is 525 g/mol. The van der Waals surface area contributed by atoms with Gasteiger partial charge in [-0.05, 0) is 36.8 Å². The number of halogens is 3. The number of aliphatic carboxylic acids is 1. The number of piperazine rings is 1. The summed E-state index contributed by atoms with van der Waals surface area (Å²) in [7, 11) is 1.66. The number of para-hydroxylation sites is 2. The second-order valence-electron chi connectivity index (χ2n) is 8.14. The summed E-state index contributed by atoms with van der Waals surface area (Å²) in [5.74, 6) is -3.01. The molecule has 1 fully saturated rings. The molecule has 0 radical (unpaired) electrons. The Bertz CT molecular complexity index is 1090. The van der Waals surface area contributed by atoms with Crippen LogP contribution in [-0.4, -0.2) is 67.5 Å². The highest BCUT2D eigenvalue weighted by Crippen LogP contribution is 2.31. The number of rotatable bonds is 8. The van der Waals surface area contributed by atoms with Gasteiger partial charge in [-0.1, -0.05) is 25.5 Å². The summed E-state index contributed by atoms with van der Waals surface area (Å²) in [5, 5.41) is 19.7. The second kappa shape index (κ2) is 13.4. The van der Waals surface area contributed by atoms with E-state index >= 15 is 0 Å². The molecule has 0 atom stereocenters. The van der Waals surface area contributed by atoms with E-state index in [9.17, 15) is 27.9 Å². The maximum Gasteiger partial charge on any atom is 0.490 e. The number of hydrogen-bond acceptors (Lipinski definition) is 6. The van der Waals surface area contributed by atoms with Crippen molar-refractivity contribution in [2.75, 3.05) is 48.4 Å². The van der Waals surface area contributed by atoms with Crippen molar-refractivity contribution >= 4 is 34.9 Å². The summed E-state index contributed by atoms with van der Waals surface area (Å²) in [6.45, 7) is 4.93. The Hall–Kier alpha value is -3.96. The molecule has 0 bridgehead atoms. The fourth-order valence-electron chi connectivity index (χ4n) is 3.70. The van der Waals surface area contributed by atoms with E-state index in [1.165, 1.54) is 0 Å². The SMILES string of the molecule is CCCCC(=O)Nc1ccc(N2CCN(c3ccccc3OC)CC2)c(C(=O)O)c1.O=C(O)C(F)(F)F. The molecular weight excluding hydrogens is 495 g/mol. The van der Waals surface area contributed by atoms with Gasteiger partial charge in [0.25, 0.3) is 0 Å². The van der Waals surface area contributed by atoms with Gasteiger partial charge in [0.2, 0.25) is 5.91 Å². The van der Waals surface area contributed by atoms with Crippen LogP contribution >= 0.6 is 0 Å². The Morgan fingerprint density at radius 3 is 2.05 bits per heavy atom. The number of nitrogens with one attached hydrogen (secondary N) is 1. The molecule has 0 aromatic heterocycles. The van der Waals surface area contributed by atoms with Gasteiger partial charge in [-0.2, -0.15) is 13.2 Å². The van der Waals surface area contributed by atoms with Crippen molar-refractivity contribution in [2.45, 2.75) is 32.4 Å². The number of methoxy groups -OCH3 is 1. The molecule has 12 heteroatoms. The third-order valence-electron chi connectivity index (χ3n) is 5.56. The van der Waals surface area contributed by atoms with Gasteiger partial charge in [0.15, 0.2) is 0 Å². The molecule has 9 nitrogen and oxygen atoms in total. The molecule has 37 heavy (non-hydrogen) atoms. The molecule has 0 saturated carbocycles. The molecule has 3 N–H and O–H groups in total. The lowest BCUT2D eigenvalue weighted by molar-refractivity contribution is -0.192. The van der Waals surface area contributed by atoms with Crippen LogP contribution in [0.25, 0.3) is 0 Å². The fourth-order valence-corrected chi connectivity index (χ4v) is 3.70. The summed E-state index contributed by atoms with van der Waals surface area (Å²) in [6.07, 6.45) is -2.90. The maximum atomic E-state index is 12.0. The first kappa shape index (κ1) is 29.3. The number of carboxylic acids is 2. The minimum atomic E-state index is -5.08. The highest BCUT2D eigenvalue weighted by molar-refractivity contribution is 5.98. The van der Waals surface area contributed by atoms with Crippen molar-refractivity contribution in [1.29, 1.82) is 0 Å². The number of hydrogen-bond donors (Lipinski definition) is 3. The predicted molar refractivity (Wildman–Crippen MR) is 133 cm³/mol. The molecule has 0 spiro atoms. The summed E-state index contributed by atoms with van der Waals surface area (Å²) >= 11 is 0. The molecule has 0 aliphatic carbocycles. The number of carboxylic acid groups (broad SMARTS) is 2. The Morgan fingerprint density at radius 1 is 0.973 bits per heavy atom. The van der Waals surface area contributed by atoms with E-state index in [2.05, 4.69) is 15.1 Å². The smallest absolute Gasteiger partial charge is 0.490 e. The van der Waals surface area contributed by atoms with Gasteiger partial charge in [0.1, 0.15) is 5.75 Å². The molecule has 1 amide bonds. The third kappa shape index (κ3) is 8.58. The normalized spacial score (nSPS) is 13.3. The molecule has 3 rings (SSSR count). The number of carbonyl (C=O) groups is 3. The zero-order valence-corrected chi connectivity index (χ0v) is 20.5. The first-order valence-electron chi connectivity index (χ1n) is 11.6. The Morgan fingerprint density at radius 2 is 1.54 bits per heavy atom. The van der Waals surface area contributed by atoms with Crippen LogP contribution < -0.4 is 19.9 Å². The summed E-state index contributed by atoms with van der Waals surface area (Å²) in [5.41, 5.74) is 2.44. The van der Waals surface area contributed by atoms with Gasteiger partial charge in [0, 0.05) is 38.3 Å². The highest BCUT2D eigenvalue weighted by atomic mass is 19.4. The summed E-state index contributed by atoms with van der Waals surface area (Å²) in [6, 6.07) is 13.0. The van der Waals surface area contributed by atoms with Crippen LogP contribution in [0.1, 0.15) is 36.5 Å². The minimum Gasteiger partial charge on any atom is -0.495 e. The molecule has 0 unspecified atom stereocenters. The Labute approximate surface area is 212 Å². The molecule has 1 aliphatic heterocycles. The first-order chi connectivity index (χ1) is 17.5. The highest BCUT2D eigenvalue weighted by Gasteiger charge is 2.38. The predicted octanol–water partition coefficient (Wildman–Crippen LogP) is 4.48. The van der Waals surface area contributed by atoms with Crippen LogP contribution in [0.4, 0.5) is 30.2 Å². The molecule has 1 heterocycles. The molecular formula is C25H30F3N3O6. The van der Waals surface area contributed by atoms with E-state index in [1.807, 2.05) is 31.2 Å². The summed E-state index contributed by atoms with van der Waals surface area (Å²) < 4.78 is 37.2. The second-order valence-corrected chi connectivity index (χ2v) is 8.14. The lowest BCUT2D eigenvalue weighted by Crippen LogP contribution is -2.47. The average molecular weight is 526 g/mol. The topological polar surface area (TPSA) is 119 Å². The van der Waals surface area contributed by atoms with Crippen molar-refractivity contribution in [3.63, 3.8) is 0 Å². The van der Waals surface area contributed by atoms with E-state index in [0.29, 0.717) is 30.9 Å². The first-order valence-corrected chi connectivity index (χ1v) is 11.6. The van der Waals surface area contributed by atoms with Crippen molar-refractivity contribution < 1.29 is 42.5 Å². The van der Waals surface area contributed by atoms with E-state index in [0.717, 1.165) is 37.4 Å². The fraction of sp³-hybridized carbons (Fsp3) is 0.400. The van der Waals surface area contributed by atoms with Crippen LogP contribution in [-0.2, 0) is 9.59 Å². The van der Waals surface area contributed by atoms with Gasteiger partial charge in [-0.25, -0.2) is 9.59 Å². The van der Waals surface area contributed by atoms with Gasteiger partial charge in [-0.3, -0.25) is 4.79 Å². The average Bonchev–Trinajstić information content (AvgIpc) is 2.87. The van der Waals surface area contributed by atoms with Crippen LogP contribution in [0.2, 0.25) is 0 Å². The number of ether oxygens (including phenoxy) is 1. The lowest BCUT2D eigenvalue weighted by Gasteiger charge is -2.38. The van der Waals surface area contributed by atoms with Crippen LogP contribution in [0.3, 0.4) is 0 Å². The van der Waals surface area contributed by atoms with Crippen molar-refractivity contribution in [1.82, 2.24) is 0 Å². The van der Waals surface area contributed by atoms with Crippen molar-refractivity contribution in [3.05, 3.63) is 48.0 Å². The van der Waals surface area contributed by atoms with E-state index in [4.69, 9.17) is 14.6 Å². The Balaban J connectivity index is 0.000000604. The van der Waals surface area contributed by atoms with E-state index in [-0.39, 0.29) is 11.5 Å². The van der Waals surface area contributed by atoms with Gasteiger partial charge >= 0.3 is 18.1 Å². The standard InChI is InChI=1S/C23H29N3O4.C2HF3O2/c1-3-4-9-22(27)24-17-10-11-19(18(16-17)23(28)29)25-12-14-26(15-13-25)20-7-5-6-8-21(20)30-2;3-2(4,5)1(6)7/h5-8,10-11,16H,3-4,9,12-15H2,1-2H3,(H,24,27)(H,28,29);(H,6,7). The quantitative estimate of drug-likeness (QED) is 0.462. The molecule has 202 valence electrons. The number of benzene rings is 2. The zero-order valence-electron chi connectivity index (χ0n) is 20.5. The number of anilines is 3.